The van der Waals surface area contributed by atoms with Crippen molar-refractivity contribution in [3.8, 4) is 10.6 Å². The molecule has 0 spiro atoms. The van der Waals surface area contributed by atoms with Crippen LogP contribution in [0.15, 0.2) is 18.2 Å². The van der Waals surface area contributed by atoms with Gasteiger partial charge in [0, 0.05) is 16.5 Å². The van der Waals surface area contributed by atoms with Crippen LogP contribution in [-0.2, 0) is 12.6 Å². The molecule has 1 unspecified atom stereocenters. The summed E-state index contributed by atoms with van der Waals surface area (Å²) in [5.74, 6) is -0.706. The summed E-state index contributed by atoms with van der Waals surface area (Å²) in [5, 5.41) is 0.265. The molecular weight excluding hydrogens is 304 g/mol. The van der Waals surface area contributed by atoms with Gasteiger partial charge in [-0.05, 0) is 37.5 Å². The third-order valence-corrected chi connectivity index (χ3v) is 4.69. The van der Waals surface area contributed by atoms with Gasteiger partial charge in [0.25, 0.3) is 0 Å². The van der Waals surface area contributed by atoms with Gasteiger partial charge in [-0.15, -0.1) is 11.3 Å². The molecule has 0 bridgehead atoms. The zero-order chi connectivity index (χ0) is 15.2. The van der Waals surface area contributed by atoms with Crippen LogP contribution >= 0.6 is 11.3 Å². The summed E-state index contributed by atoms with van der Waals surface area (Å²) in [6, 6.07) is 2.16. The smallest absolute Gasteiger partial charge is 0.323 e. The molecule has 21 heavy (non-hydrogen) atoms. The summed E-state index contributed by atoms with van der Waals surface area (Å²) in [4.78, 5) is 5.22. The lowest BCUT2D eigenvalue weighted by atomic mass is 9.99. The highest BCUT2D eigenvalue weighted by molar-refractivity contribution is 7.15. The Hall–Kier alpha value is -1.47. The fourth-order valence-electron chi connectivity index (χ4n) is 2.43. The average Bonchev–Trinajstić information content (AvgIpc) is 2.83. The standard InChI is InChI=1S/C14H12F4N2S/c15-9-5-4-7(14(16,17)18)6-8(9)13-20-12-10(19)2-1-3-11(12)21-13/h4-6,10H,1-3,19H2. The van der Waals surface area contributed by atoms with E-state index in [0.717, 1.165) is 42.3 Å². The normalized spacial score (nSPS) is 18.6. The molecule has 0 saturated heterocycles. The summed E-state index contributed by atoms with van der Waals surface area (Å²) < 4.78 is 52.1. The maximum Gasteiger partial charge on any atom is 0.416 e. The van der Waals surface area contributed by atoms with Crippen molar-refractivity contribution >= 4 is 11.3 Å². The monoisotopic (exact) mass is 316 g/mol. The summed E-state index contributed by atoms with van der Waals surface area (Å²) >= 11 is 1.23. The van der Waals surface area contributed by atoms with Crippen LogP contribution < -0.4 is 5.73 Å². The summed E-state index contributed by atoms with van der Waals surface area (Å²) in [6.07, 6.45) is -2.00. The average molecular weight is 316 g/mol. The van der Waals surface area contributed by atoms with Crippen LogP contribution in [0.2, 0.25) is 0 Å². The van der Waals surface area contributed by atoms with Crippen molar-refractivity contribution in [2.75, 3.05) is 0 Å². The van der Waals surface area contributed by atoms with E-state index in [1.54, 1.807) is 0 Å². The van der Waals surface area contributed by atoms with Crippen LogP contribution in [0.5, 0.6) is 0 Å². The van der Waals surface area contributed by atoms with Gasteiger partial charge in [-0.3, -0.25) is 0 Å². The van der Waals surface area contributed by atoms with Gasteiger partial charge in [-0.1, -0.05) is 0 Å². The Morgan fingerprint density at radius 2 is 2.05 bits per heavy atom. The molecule has 2 aromatic rings. The first-order valence-electron chi connectivity index (χ1n) is 6.48. The molecule has 0 amide bonds. The van der Waals surface area contributed by atoms with E-state index in [1.807, 2.05) is 0 Å². The minimum Gasteiger partial charge on any atom is -0.323 e. The molecule has 1 heterocycles. The molecule has 0 saturated carbocycles. The zero-order valence-corrected chi connectivity index (χ0v) is 11.7. The molecule has 1 atom stereocenters. The molecule has 1 aromatic carbocycles. The number of rotatable bonds is 1. The van der Waals surface area contributed by atoms with Gasteiger partial charge >= 0.3 is 6.18 Å². The number of alkyl halides is 3. The van der Waals surface area contributed by atoms with Crippen molar-refractivity contribution < 1.29 is 17.6 Å². The first-order chi connectivity index (χ1) is 9.86. The van der Waals surface area contributed by atoms with Crippen LogP contribution in [-0.4, -0.2) is 4.98 Å². The van der Waals surface area contributed by atoms with E-state index in [1.165, 1.54) is 11.3 Å². The highest BCUT2D eigenvalue weighted by atomic mass is 32.1. The van der Waals surface area contributed by atoms with Gasteiger partial charge in [-0.25, -0.2) is 9.37 Å². The third kappa shape index (κ3) is 2.67. The van der Waals surface area contributed by atoms with Crippen molar-refractivity contribution in [1.82, 2.24) is 4.98 Å². The second-order valence-corrected chi connectivity index (χ2v) is 6.10. The number of halogens is 4. The molecule has 1 aromatic heterocycles. The largest absolute Gasteiger partial charge is 0.416 e. The topological polar surface area (TPSA) is 38.9 Å². The number of benzene rings is 1. The Labute approximate surface area is 122 Å². The predicted molar refractivity (Wildman–Crippen MR) is 72.4 cm³/mol. The summed E-state index contributed by atoms with van der Waals surface area (Å²) in [5.41, 5.74) is 5.65. The Bertz CT molecular complexity index is 678. The first-order valence-corrected chi connectivity index (χ1v) is 7.30. The quantitative estimate of drug-likeness (QED) is 0.797. The molecule has 2 nitrogen and oxygen atoms in total. The van der Waals surface area contributed by atoms with Crippen molar-refractivity contribution in [3.63, 3.8) is 0 Å². The number of thiazole rings is 1. The maximum atomic E-state index is 13.9. The number of hydrogen-bond acceptors (Lipinski definition) is 3. The van der Waals surface area contributed by atoms with E-state index in [4.69, 9.17) is 5.73 Å². The third-order valence-electron chi connectivity index (χ3n) is 3.52. The molecule has 1 aliphatic carbocycles. The number of nitrogens with two attached hydrogens (primary N) is 1. The highest BCUT2D eigenvalue weighted by Crippen LogP contribution is 2.39. The van der Waals surface area contributed by atoms with E-state index >= 15 is 0 Å². The van der Waals surface area contributed by atoms with E-state index in [2.05, 4.69) is 4.98 Å². The zero-order valence-electron chi connectivity index (χ0n) is 10.9. The molecule has 0 aliphatic heterocycles. The lowest BCUT2D eigenvalue weighted by Gasteiger charge is -2.15. The fraction of sp³-hybridized carbons (Fsp3) is 0.357. The van der Waals surface area contributed by atoms with Gasteiger partial charge < -0.3 is 5.73 Å². The lowest BCUT2D eigenvalue weighted by molar-refractivity contribution is -0.137. The molecule has 0 fully saturated rings. The van der Waals surface area contributed by atoms with Crippen LogP contribution in [0.25, 0.3) is 10.6 Å². The molecule has 1 aliphatic rings. The van der Waals surface area contributed by atoms with E-state index in [-0.39, 0.29) is 16.6 Å². The van der Waals surface area contributed by atoms with Crippen LogP contribution in [0, 0.1) is 5.82 Å². The Morgan fingerprint density at radius 3 is 2.71 bits per heavy atom. The van der Waals surface area contributed by atoms with Crippen LogP contribution in [0.1, 0.15) is 35.0 Å². The number of hydrogen-bond donors (Lipinski definition) is 1. The van der Waals surface area contributed by atoms with E-state index in [9.17, 15) is 17.6 Å². The molecule has 112 valence electrons. The highest BCUT2D eigenvalue weighted by Gasteiger charge is 2.32. The summed E-state index contributed by atoms with van der Waals surface area (Å²) in [6.45, 7) is 0. The molecule has 2 N–H and O–H groups in total. The van der Waals surface area contributed by atoms with Gasteiger partial charge in [0.05, 0.1) is 11.3 Å². The number of nitrogens with zero attached hydrogens (tertiary/aromatic N) is 1. The molecule has 0 radical (unpaired) electrons. The van der Waals surface area contributed by atoms with E-state index < -0.39 is 17.6 Å². The molecular formula is C14H12F4N2S. The Kier molecular flexibility index (Phi) is 3.49. The van der Waals surface area contributed by atoms with E-state index in [0.29, 0.717) is 5.69 Å². The predicted octanol–water partition coefficient (Wildman–Crippen LogP) is 4.30. The van der Waals surface area contributed by atoms with Gasteiger partial charge in [-0.2, -0.15) is 13.2 Å². The molecule has 7 heteroatoms. The minimum atomic E-state index is -4.50. The lowest BCUT2D eigenvalue weighted by Crippen LogP contribution is -2.16. The van der Waals surface area contributed by atoms with Crippen molar-refractivity contribution in [3.05, 3.63) is 40.2 Å². The van der Waals surface area contributed by atoms with Crippen molar-refractivity contribution in [2.24, 2.45) is 5.73 Å². The van der Waals surface area contributed by atoms with Crippen molar-refractivity contribution in [2.45, 2.75) is 31.5 Å². The maximum absolute atomic E-state index is 13.9. The van der Waals surface area contributed by atoms with Crippen LogP contribution in [0.4, 0.5) is 17.6 Å². The number of fused-ring (bicyclic) bond motifs is 1. The second kappa shape index (κ2) is 5.06. The SMILES string of the molecule is NC1CCCc2sc(-c3cc(C(F)(F)F)ccc3F)nc21. The Morgan fingerprint density at radius 1 is 1.29 bits per heavy atom. The summed E-state index contributed by atoms with van der Waals surface area (Å²) in [7, 11) is 0. The Balaban J connectivity index is 2.08. The van der Waals surface area contributed by atoms with Crippen molar-refractivity contribution in [1.29, 1.82) is 0 Å². The van der Waals surface area contributed by atoms with Gasteiger partial charge in [0.1, 0.15) is 10.8 Å². The number of aromatic nitrogens is 1. The first kappa shape index (κ1) is 14.5. The minimum absolute atomic E-state index is 0.114. The van der Waals surface area contributed by atoms with Gasteiger partial charge in [0.15, 0.2) is 0 Å². The van der Waals surface area contributed by atoms with Crippen LogP contribution in [0.3, 0.4) is 0 Å². The fourth-order valence-corrected chi connectivity index (χ4v) is 3.62. The molecule has 3 rings (SSSR count). The second-order valence-electron chi connectivity index (χ2n) is 5.02. The number of aryl methyl sites for hydroxylation is 1. The van der Waals surface area contributed by atoms with Gasteiger partial charge in [0.2, 0.25) is 0 Å².